The normalized spacial score (nSPS) is 18.1. The van der Waals surface area contributed by atoms with Gasteiger partial charge >= 0.3 is 6.09 Å². The van der Waals surface area contributed by atoms with Crippen LogP contribution in [0.4, 0.5) is 4.79 Å². The number of sulfonamides is 1. The van der Waals surface area contributed by atoms with E-state index < -0.39 is 34.1 Å². The van der Waals surface area contributed by atoms with Gasteiger partial charge in [-0.15, -0.1) is 12.6 Å². The molecule has 0 bridgehead atoms. The van der Waals surface area contributed by atoms with Crippen LogP contribution in [0.3, 0.4) is 0 Å². The van der Waals surface area contributed by atoms with Gasteiger partial charge in [-0.1, -0.05) is 26.0 Å². The standard InChI is InChI=1S/C20H27N5O5S2/c1-12(2)17(23-20(27)30-3)19(26)25-11-24(32(4,28)29)10-16(25)18-21-9-15(22-18)13-5-7-14(31)8-6-13/h5-9,12,16-17,31H,10-11H2,1-4H3,(H,21,22)(H,23,27)/t16-,17-/m0/s1. The van der Waals surface area contributed by atoms with Crippen molar-refractivity contribution >= 4 is 34.7 Å². The van der Waals surface area contributed by atoms with Gasteiger partial charge in [0.1, 0.15) is 17.9 Å². The van der Waals surface area contributed by atoms with Crippen molar-refractivity contribution in [2.75, 3.05) is 26.6 Å². The Labute approximate surface area is 192 Å². The number of hydrogen-bond acceptors (Lipinski definition) is 7. The van der Waals surface area contributed by atoms with Gasteiger partial charge in [-0.3, -0.25) is 4.79 Å². The molecule has 1 aromatic heterocycles. The fraction of sp³-hybridized carbons (Fsp3) is 0.450. The van der Waals surface area contributed by atoms with Gasteiger partial charge < -0.3 is 19.9 Å². The van der Waals surface area contributed by atoms with Crippen molar-refractivity contribution in [3.63, 3.8) is 0 Å². The summed E-state index contributed by atoms with van der Waals surface area (Å²) in [6.07, 6.45) is 2.00. The number of methoxy groups -OCH3 is 1. The average Bonchev–Trinajstić information content (AvgIpc) is 3.38. The van der Waals surface area contributed by atoms with E-state index in [1.807, 2.05) is 24.3 Å². The first-order chi connectivity index (χ1) is 15.0. The van der Waals surface area contributed by atoms with Crippen LogP contribution in [-0.2, 0) is 19.6 Å². The van der Waals surface area contributed by atoms with Crippen LogP contribution in [0.5, 0.6) is 0 Å². The zero-order chi connectivity index (χ0) is 23.6. The van der Waals surface area contributed by atoms with Gasteiger partial charge in [-0.2, -0.15) is 4.31 Å². The molecule has 1 aliphatic rings. The van der Waals surface area contributed by atoms with Crippen molar-refractivity contribution in [1.82, 2.24) is 24.5 Å². The third kappa shape index (κ3) is 5.25. The minimum absolute atomic E-state index is 0.0517. The van der Waals surface area contributed by atoms with Crippen LogP contribution in [0.2, 0.25) is 0 Å². The Balaban J connectivity index is 1.93. The van der Waals surface area contributed by atoms with E-state index in [2.05, 4.69) is 32.7 Å². The smallest absolute Gasteiger partial charge is 0.407 e. The van der Waals surface area contributed by atoms with Crippen LogP contribution in [0.25, 0.3) is 11.3 Å². The fourth-order valence-electron chi connectivity index (χ4n) is 3.49. The maximum Gasteiger partial charge on any atom is 0.407 e. The van der Waals surface area contributed by atoms with Crippen molar-refractivity contribution in [1.29, 1.82) is 0 Å². The van der Waals surface area contributed by atoms with Gasteiger partial charge in [0.2, 0.25) is 15.9 Å². The number of rotatable bonds is 6. The Morgan fingerprint density at radius 1 is 1.28 bits per heavy atom. The topological polar surface area (TPSA) is 125 Å². The molecule has 1 saturated heterocycles. The Morgan fingerprint density at radius 2 is 1.94 bits per heavy atom. The number of aromatic nitrogens is 2. The number of carbonyl (C=O) groups is 2. The molecule has 1 aliphatic heterocycles. The Kier molecular flexibility index (Phi) is 7.16. The second-order valence-electron chi connectivity index (χ2n) is 7.95. The highest BCUT2D eigenvalue weighted by Gasteiger charge is 2.43. The van der Waals surface area contributed by atoms with Crippen molar-refractivity contribution < 1.29 is 22.7 Å². The summed E-state index contributed by atoms with van der Waals surface area (Å²) in [6, 6.07) is 5.94. The monoisotopic (exact) mass is 481 g/mol. The van der Waals surface area contributed by atoms with Gasteiger partial charge in [-0.25, -0.2) is 18.2 Å². The molecular weight excluding hydrogens is 454 g/mol. The number of carbonyl (C=O) groups excluding carboxylic acids is 2. The van der Waals surface area contributed by atoms with E-state index in [0.29, 0.717) is 5.82 Å². The number of ether oxygens (including phenoxy) is 1. The molecule has 1 fully saturated rings. The molecular formula is C20H27N5O5S2. The first-order valence-electron chi connectivity index (χ1n) is 9.95. The molecule has 2 heterocycles. The highest BCUT2D eigenvalue weighted by molar-refractivity contribution is 7.88. The van der Waals surface area contributed by atoms with Crippen molar-refractivity contribution in [2.24, 2.45) is 5.92 Å². The number of hydrogen-bond donors (Lipinski definition) is 3. The number of amides is 2. The Morgan fingerprint density at radius 3 is 2.50 bits per heavy atom. The zero-order valence-electron chi connectivity index (χ0n) is 18.3. The van der Waals surface area contributed by atoms with E-state index in [-0.39, 0.29) is 19.1 Å². The molecule has 3 rings (SSSR count). The Hall–Kier alpha value is -2.57. The SMILES string of the molecule is COC(=O)N[C@H](C(=O)N1CN(S(C)(=O)=O)C[C@H]1c1ncc(-c2ccc(S)cc2)[nH]1)C(C)C. The quantitative estimate of drug-likeness (QED) is 0.541. The van der Waals surface area contributed by atoms with Gasteiger partial charge in [0.25, 0.3) is 0 Å². The number of imidazole rings is 1. The van der Waals surface area contributed by atoms with E-state index in [1.54, 1.807) is 20.0 Å². The van der Waals surface area contributed by atoms with Crippen molar-refractivity contribution in [2.45, 2.75) is 30.8 Å². The second-order valence-corrected chi connectivity index (χ2v) is 10.4. The van der Waals surface area contributed by atoms with Gasteiger partial charge in [0.15, 0.2) is 0 Å². The lowest BCUT2D eigenvalue weighted by molar-refractivity contribution is -0.135. The van der Waals surface area contributed by atoms with Crippen LogP contribution in [-0.4, -0.2) is 72.2 Å². The van der Waals surface area contributed by atoms with Crippen LogP contribution in [0.1, 0.15) is 25.7 Å². The van der Waals surface area contributed by atoms with E-state index in [4.69, 9.17) is 0 Å². The van der Waals surface area contributed by atoms with Gasteiger partial charge in [-0.05, 0) is 23.6 Å². The third-order valence-electron chi connectivity index (χ3n) is 5.30. The molecule has 2 aromatic rings. The molecule has 2 N–H and O–H groups in total. The molecule has 2 amide bonds. The van der Waals surface area contributed by atoms with E-state index >= 15 is 0 Å². The third-order valence-corrected chi connectivity index (χ3v) is 6.80. The molecule has 174 valence electrons. The molecule has 12 heteroatoms. The molecule has 0 saturated carbocycles. The molecule has 0 spiro atoms. The summed E-state index contributed by atoms with van der Waals surface area (Å²) >= 11 is 4.29. The molecule has 0 unspecified atom stereocenters. The molecule has 0 aliphatic carbocycles. The number of alkyl carbamates (subject to hydrolysis) is 1. The van der Waals surface area contributed by atoms with Crippen molar-refractivity contribution in [3.05, 3.63) is 36.3 Å². The summed E-state index contributed by atoms with van der Waals surface area (Å²) < 4.78 is 30.3. The first-order valence-corrected chi connectivity index (χ1v) is 12.2. The molecule has 1 aromatic carbocycles. The minimum Gasteiger partial charge on any atom is -0.453 e. The summed E-state index contributed by atoms with van der Waals surface area (Å²) in [5, 5.41) is 2.55. The lowest BCUT2D eigenvalue weighted by Gasteiger charge is -2.29. The highest BCUT2D eigenvalue weighted by atomic mass is 32.2. The minimum atomic E-state index is -3.56. The number of nitrogens with zero attached hydrogens (tertiary/aromatic N) is 3. The van der Waals surface area contributed by atoms with E-state index in [9.17, 15) is 18.0 Å². The first kappa shape index (κ1) is 24.1. The summed E-state index contributed by atoms with van der Waals surface area (Å²) in [6.45, 7) is 3.48. The number of benzene rings is 1. The van der Waals surface area contributed by atoms with Crippen LogP contribution >= 0.6 is 12.6 Å². The summed E-state index contributed by atoms with van der Waals surface area (Å²) in [7, 11) is -2.34. The van der Waals surface area contributed by atoms with E-state index in [0.717, 1.165) is 22.4 Å². The molecule has 2 atom stereocenters. The lowest BCUT2D eigenvalue weighted by atomic mass is 10.0. The lowest BCUT2D eigenvalue weighted by Crippen LogP contribution is -2.51. The predicted molar refractivity (Wildman–Crippen MR) is 121 cm³/mol. The fourth-order valence-corrected chi connectivity index (χ4v) is 4.38. The maximum atomic E-state index is 13.4. The number of aromatic amines is 1. The highest BCUT2D eigenvalue weighted by Crippen LogP contribution is 2.31. The Bertz CT molecular complexity index is 1080. The van der Waals surface area contributed by atoms with Gasteiger partial charge in [0.05, 0.1) is 31.9 Å². The predicted octanol–water partition coefficient (Wildman–Crippen LogP) is 1.85. The summed E-state index contributed by atoms with van der Waals surface area (Å²) in [4.78, 5) is 35.0. The summed E-state index contributed by atoms with van der Waals surface area (Å²) in [5.41, 5.74) is 1.61. The van der Waals surface area contributed by atoms with Crippen LogP contribution < -0.4 is 5.32 Å². The average molecular weight is 482 g/mol. The molecule has 0 radical (unpaired) electrons. The van der Waals surface area contributed by atoms with Crippen LogP contribution in [0, 0.1) is 5.92 Å². The zero-order valence-corrected chi connectivity index (χ0v) is 20.0. The van der Waals surface area contributed by atoms with Crippen molar-refractivity contribution in [3.8, 4) is 11.3 Å². The second kappa shape index (κ2) is 9.51. The number of H-pyrrole nitrogens is 1. The maximum absolute atomic E-state index is 13.4. The number of thiol groups is 1. The largest absolute Gasteiger partial charge is 0.453 e. The number of nitrogens with one attached hydrogen (secondary N) is 2. The summed E-state index contributed by atoms with van der Waals surface area (Å²) in [5.74, 6) is -0.213. The van der Waals surface area contributed by atoms with Crippen LogP contribution in [0.15, 0.2) is 35.4 Å². The molecule has 10 nitrogen and oxygen atoms in total. The molecule has 32 heavy (non-hydrogen) atoms. The van der Waals surface area contributed by atoms with E-state index in [1.165, 1.54) is 16.3 Å². The van der Waals surface area contributed by atoms with Gasteiger partial charge in [0, 0.05) is 11.4 Å².